The van der Waals surface area contributed by atoms with Crippen molar-refractivity contribution < 1.29 is 13.9 Å². The zero-order valence-corrected chi connectivity index (χ0v) is 18.8. The average molecular weight is 444 g/mol. The van der Waals surface area contributed by atoms with Crippen LogP contribution in [0.15, 0.2) is 60.7 Å². The third kappa shape index (κ3) is 4.46. The first-order valence-electron chi connectivity index (χ1n) is 11.2. The molecule has 1 amide bonds. The van der Waals surface area contributed by atoms with Crippen molar-refractivity contribution in [1.29, 1.82) is 0 Å². The number of carbonyl (C=O) groups excluding carboxylic acids is 1. The number of aromatic nitrogens is 2. The van der Waals surface area contributed by atoms with Gasteiger partial charge in [-0.2, -0.15) is 0 Å². The number of benzene rings is 2. The molecule has 1 aliphatic rings. The molecule has 2 aromatic heterocycles. The van der Waals surface area contributed by atoms with Crippen LogP contribution in [0.2, 0.25) is 0 Å². The van der Waals surface area contributed by atoms with E-state index in [1.165, 1.54) is 12.1 Å². The Morgan fingerprint density at radius 3 is 2.52 bits per heavy atom. The Hall–Kier alpha value is -3.67. The van der Waals surface area contributed by atoms with Crippen LogP contribution in [0, 0.1) is 19.7 Å². The second-order valence-electron chi connectivity index (χ2n) is 8.65. The van der Waals surface area contributed by atoms with E-state index in [4.69, 9.17) is 4.74 Å². The number of nitrogens with zero attached hydrogens (tertiary/aromatic N) is 2. The number of aryl methyl sites for hydroxylation is 1. The van der Waals surface area contributed by atoms with Crippen molar-refractivity contribution in [2.75, 3.05) is 0 Å². The first kappa shape index (κ1) is 21.2. The minimum atomic E-state index is -0.291. The quantitative estimate of drug-likeness (QED) is 0.421. The fourth-order valence-corrected chi connectivity index (χ4v) is 4.03. The number of fused-ring (bicyclic) bond motifs is 1. The van der Waals surface area contributed by atoms with E-state index in [-0.39, 0.29) is 24.4 Å². The second-order valence-corrected chi connectivity index (χ2v) is 8.65. The van der Waals surface area contributed by atoms with Crippen LogP contribution in [-0.2, 0) is 13.2 Å². The van der Waals surface area contributed by atoms with Crippen molar-refractivity contribution in [2.24, 2.45) is 0 Å². The van der Waals surface area contributed by atoms with Crippen LogP contribution in [0.3, 0.4) is 0 Å². The summed E-state index contributed by atoms with van der Waals surface area (Å²) in [5.41, 5.74) is 5.39. The number of amides is 1. The molecule has 168 valence electrons. The molecule has 0 bridgehead atoms. The molecule has 2 heterocycles. The smallest absolute Gasteiger partial charge is 0.270 e. The lowest BCUT2D eigenvalue weighted by atomic mass is 10.1. The summed E-state index contributed by atoms with van der Waals surface area (Å²) in [6, 6.07) is 18.5. The molecule has 1 N–H and O–H groups in total. The Morgan fingerprint density at radius 1 is 1.09 bits per heavy atom. The summed E-state index contributed by atoms with van der Waals surface area (Å²) in [6.07, 6.45) is 2.01. The highest BCUT2D eigenvalue weighted by molar-refractivity contribution is 5.99. The van der Waals surface area contributed by atoms with E-state index < -0.39 is 0 Å². The van der Waals surface area contributed by atoms with Crippen LogP contribution < -0.4 is 10.1 Å². The van der Waals surface area contributed by atoms with Crippen LogP contribution in [0.4, 0.5) is 4.39 Å². The number of pyridine rings is 1. The molecule has 0 unspecified atom stereocenters. The zero-order chi connectivity index (χ0) is 22.9. The summed E-state index contributed by atoms with van der Waals surface area (Å²) >= 11 is 0. The van der Waals surface area contributed by atoms with E-state index in [0.29, 0.717) is 18.1 Å². The number of nitrogens with one attached hydrogen (secondary N) is 1. The summed E-state index contributed by atoms with van der Waals surface area (Å²) in [5.74, 6) is -0.0650. The maximum absolute atomic E-state index is 13.3. The van der Waals surface area contributed by atoms with Gasteiger partial charge in [-0.3, -0.25) is 4.79 Å². The predicted molar refractivity (Wildman–Crippen MR) is 126 cm³/mol. The maximum Gasteiger partial charge on any atom is 0.270 e. The van der Waals surface area contributed by atoms with Gasteiger partial charge in [0, 0.05) is 23.7 Å². The summed E-state index contributed by atoms with van der Waals surface area (Å²) in [5, 5.41) is 3.97. The first-order valence-corrected chi connectivity index (χ1v) is 11.2. The fraction of sp³-hybridized carbons (Fsp3) is 0.259. The van der Waals surface area contributed by atoms with E-state index in [1.807, 2.05) is 24.3 Å². The minimum absolute atomic E-state index is 0.182. The standard InChI is InChI=1S/C27H26FN3O2/c1-17-18(2)31(15-19-6-4-3-5-7-19)25-23(17)14-24(26(32)29-22-12-13-22)30-27(25)33-16-20-8-10-21(28)11-9-20/h3-11,14,22H,12-13,15-16H2,1-2H3,(H,29,32). The summed E-state index contributed by atoms with van der Waals surface area (Å²) < 4.78 is 21.7. The number of halogens is 1. The van der Waals surface area contributed by atoms with E-state index in [2.05, 4.69) is 40.8 Å². The van der Waals surface area contributed by atoms with Gasteiger partial charge in [0.2, 0.25) is 5.88 Å². The molecule has 5 rings (SSSR count). The Bertz CT molecular complexity index is 1310. The van der Waals surface area contributed by atoms with Gasteiger partial charge in [0.15, 0.2) is 0 Å². The molecule has 0 atom stereocenters. The van der Waals surface area contributed by atoms with Gasteiger partial charge in [0.25, 0.3) is 5.91 Å². The first-order chi connectivity index (χ1) is 16.0. The number of ether oxygens (including phenoxy) is 1. The number of hydrogen-bond acceptors (Lipinski definition) is 3. The molecule has 5 nitrogen and oxygen atoms in total. The van der Waals surface area contributed by atoms with Crippen molar-refractivity contribution in [2.45, 2.75) is 45.9 Å². The molecule has 6 heteroatoms. The van der Waals surface area contributed by atoms with Crippen molar-refractivity contribution >= 4 is 16.8 Å². The van der Waals surface area contributed by atoms with Crippen LogP contribution in [0.5, 0.6) is 5.88 Å². The van der Waals surface area contributed by atoms with Crippen molar-refractivity contribution in [3.8, 4) is 5.88 Å². The average Bonchev–Trinajstić information content (AvgIpc) is 3.61. The van der Waals surface area contributed by atoms with Gasteiger partial charge in [0.1, 0.15) is 23.6 Å². The topological polar surface area (TPSA) is 56.2 Å². The number of rotatable bonds is 7. The summed E-state index contributed by atoms with van der Waals surface area (Å²) in [6.45, 7) is 5.03. The molecule has 1 saturated carbocycles. The Labute approximate surface area is 192 Å². The van der Waals surface area contributed by atoms with Crippen molar-refractivity contribution in [1.82, 2.24) is 14.9 Å². The third-order valence-electron chi connectivity index (χ3n) is 6.20. The lowest BCUT2D eigenvalue weighted by molar-refractivity contribution is 0.0945. The molecule has 0 spiro atoms. The van der Waals surface area contributed by atoms with Crippen LogP contribution in [0.1, 0.15) is 45.7 Å². The molecule has 1 aliphatic carbocycles. The molecule has 0 saturated heterocycles. The third-order valence-corrected chi connectivity index (χ3v) is 6.20. The van der Waals surface area contributed by atoms with Crippen LogP contribution >= 0.6 is 0 Å². The molecule has 33 heavy (non-hydrogen) atoms. The van der Waals surface area contributed by atoms with Crippen LogP contribution in [0.25, 0.3) is 10.9 Å². The van der Waals surface area contributed by atoms with Crippen molar-refractivity contribution in [3.63, 3.8) is 0 Å². The molecule has 0 aliphatic heterocycles. The maximum atomic E-state index is 13.3. The monoisotopic (exact) mass is 443 g/mol. The van der Waals surface area contributed by atoms with E-state index in [1.54, 1.807) is 12.1 Å². The van der Waals surface area contributed by atoms with Crippen molar-refractivity contribution in [3.05, 3.63) is 94.6 Å². The Balaban J connectivity index is 1.58. The molecule has 1 fully saturated rings. The molecular weight excluding hydrogens is 417 g/mol. The highest BCUT2D eigenvalue weighted by Gasteiger charge is 2.26. The van der Waals surface area contributed by atoms with Gasteiger partial charge in [-0.1, -0.05) is 42.5 Å². The van der Waals surface area contributed by atoms with Gasteiger partial charge in [0.05, 0.1) is 0 Å². The van der Waals surface area contributed by atoms with Gasteiger partial charge in [-0.25, -0.2) is 9.37 Å². The normalized spacial score (nSPS) is 13.3. The Morgan fingerprint density at radius 2 is 1.82 bits per heavy atom. The van der Waals surface area contributed by atoms with Gasteiger partial charge >= 0.3 is 0 Å². The van der Waals surface area contributed by atoms with E-state index in [9.17, 15) is 9.18 Å². The van der Waals surface area contributed by atoms with E-state index >= 15 is 0 Å². The van der Waals surface area contributed by atoms with E-state index in [0.717, 1.165) is 46.1 Å². The summed E-state index contributed by atoms with van der Waals surface area (Å²) in [7, 11) is 0. The molecule has 4 aromatic rings. The predicted octanol–water partition coefficient (Wildman–Crippen LogP) is 5.31. The van der Waals surface area contributed by atoms with Gasteiger partial charge < -0.3 is 14.6 Å². The lowest BCUT2D eigenvalue weighted by Gasteiger charge is -2.14. The highest BCUT2D eigenvalue weighted by Crippen LogP contribution is 2.33. The number of hydrogen-bond donors (Lipinski definition) is 1. The van der Waals surface area contributed by atoms with Crippen LogP contribution in [-0.4, -0.2) is 21.5 Å². The second kappa shape index (κ2) is 8.70. The largest absolute Gasteiger partial charge is 0.471 e. The number of carbonyl (C=O) groups is 1. The summed E-state index contributed by atoms with van der Waals surface area (Å²) in [4.78, 5) is 17.5. The molecule has 2 aromatic carbocycles. The van der Waals surface area contributed by atoms with Gasteiger partial charge in [-0.15, -0.1) is 0 Å². The zero-order valence-electron chi connectivity index (χ0n) is 18.8. The highest BCUT2D eigenvalue weighted by atomic mass is 19.1. The molecular formula is C27H26FN3O2. The lowest BCUT2D eigenvalue weighted by Crippen LogP contribution is -2.26. The Kier molecular flexibility index (Phi) is 5.58. The minimum Gasteiger partial charge on any atom is -0.471 e. The van der Waals surface area contributed by atoms with Gasteiger partial charge in [-0.05, 0) is 61.6 Å². The fourth-order valence-electron chi connectivity index (χ4n) is 4.03. The SMILES string of the molecule is Cc1c(C)n(Cc2ccccc2)c2c(OCc3ccc(F)cc3)nc(C(=O)NC3CC3)cc12. The molecule has 0 radical (unpaired) electrons.